The van der Waals surface area contributed by atoms with Gasteiger partial charge in [-0.05, 0) is 20.3 Å². The summed E-state index contributed by atoms with van der Waals surface area (Å²) in [5, 5.41) is 0. The summed E-state index contributed by atoms with van der Waals surface area (Å²) in [6.07, 6.45) is 2.83. The molecule has 0 aliphatic heterocycles. The van der Waals surface area contributed by atoms with Crippen molar-refractivity contribution in [2.45, 2.75) is 27.2 Å². The molecule has 0 fully saturated rings. The largest absolute Gasteiger partial charge is 0.496 e. The standard InChI is InChI=1S/C10H15NO/c1-5-9-8(3)10(12-4)7(2)6-11-9/h6H,5H2,1-4H3. The lowest BCUT2D eigenvalue weighted by Crippen LogP contribution is -1.98. The van der Waals surface area contributed by atoms with Gasteiger partial charge in [0, 0.05) is 23.0 Å². The number of ether oxygens (including phenoxy) is 1. The summed E-state index contributed by atoms with van der Waals surface area (Å²) in [6, 6.07) is 0. The Hall–Kier alpha value is -1.05. The molecule has 0 unspecified atom stereocenters. The first kappa shape index (κ1) is 9.04. The number of hydrogen-bond acceptors (Lipinski definition) is 2. The van der Waals surface area contributed by atoms with Crippen LogP contribution in [0, 0.1) is 13.8 Å². The Morgan fingerprint density at radius 3 is 2.58 bits per heavy atom. The zero-order valence-corrected chi connectivity index (χ0v) is 8.14. The van der Waals surface area contributed by atoms with Crippen LogP contribution in [0.3, 0.4) is 0 Å². The van der Waals surface area contributed by atoms with E-state index in [9.17, 15) is 0 Å². The van der Waals surface area contributed by atoms with Crippen LogP contribution in [0.1, 0.15) is 23.7 Å². The predicted octanol–water partition coefficient (Wildman–Crippen LogP) is 2.27. The summed E-state index contributed by atoms with van der Waals surface area (Å²) < 4.78 is 5.28. The fourth-order valence-corrected chi connectivity index (χ4v) is 1.43. The van der Waals surface area contributed by atoms with Crippen molar-refractivity contribution in [1.29, 1.82) is 0 Å². The molecular formula is C10H15NO. The van der Waals surface area contributed by atoms with Gasteiger partial charge in [-0.2, -0.15) is 0 Å². The van der Waals surface area contributed by atoms with Crippen molar-refractivity contribution < 1.29 is 4.74 Å². The highest BCUT2D eigenvalue weighted by Crippen LogP contribution is 2.23. The maximum Gasteiger partial charge on any atom is 0.128 e. The summed E-state index contributed by atoms with van der Waals surface area (Å²) in [5.74, 6) is 0.974. The molecule has 0 bridgehead atoms. The Morgan fingerprint density at radius 2 is 2.08 bits per heavy atom. The molecule has 1 rings (SSSR count). The third-order valence-corrected chi connectivity index (χ3v) is 2.08. The van der Waals surface area contributed by atoms with Crippen molar-refractivity contribution in [3.8, 4) is 5.75 Å². The van der Waals surface area contributed by atoms with Gasteiger partial charge >= 0.3 is 0 Å². The first-order valence-corrected chi connectivity index (χ1v) is 4.19. The first-order chi connectivity index (χ1) is 5.70. The van der Waals surface area contributed by atoms with Crippen LogP contribution in [0.2, 0.25) is 0 Å². The molecule has 1 heterocycles. The Labute approximate surface area is 73.6 Å². The summed E-state index contributed by atoms with van der Waals surface area (Å²) in [6.45, 7) is 6.17. The van der Waals surface area contributed by atoms with Crippen molar-refractivity contribution in [2.24, 2.45) is 0 Å². The molecule has 0 radical (unpaired) electrons. The van der Waals surface area contributed by atoms with E-state index in [1.807, 2.05) is 13.1 Å². The molecular weight excluding hydrogens is 150 g/mol. The minimum absolute atomic E-state index is 0.961. The molecule has 0 spiro atoms. The molecule has 2 heteroatoms. The lowest BCUT2D eigenvalue weighted by Gasteiger charge is -2.10. The van der Waals surface area contributed by atoms with E-state index in [-0.39, 0.29) is 0 Å². The Bertz CT molecular complexity index is 281. The van der Waals surface area contributed by atoms with Crippen LogP contribution < -0.4 is 4.74 Å². The van der Waals surface area contributed by atoms with Gasteiger partial charge in [-0.1, -0.05) is 6.92 Å². The maximum absolute atomic E-state index is 5.28. The van der Waals surface area contributed by atoms with Crippen molar-refractivity contribution >= 4 is 0 Å². The second-order valence-corrected chi connectivity index (χ2v) is 2.90. The average molecular weight is 165 g/mol. The quantitative estimate of drug-likeness (QED) is 0.670. The second kappa shape index (κ2) is 3.57. The summed E-state index contributed by atoms with van der Waals surface area (Å²) in [7, 11) is 1.70. The van der Waals surface area contributed by atoms with Crippen LogP contribution in [0.5, 0.6) is 5.75 Å². The predicted molar refractivity (Wildman–Crippen MR) is 49.6 cm³/mol. The van der Waals surface area contributed by atoms with E-state index in [1.54, 1.807) is 7.11 Å². The highest BCUT2D eigenvalue weighted by atomic mass is 16.5. The zero-order valence-electron chi connectivity index (χ0n) is 8.14. The maximum atomic E-state index is 5.28. The van der Waals surface area contributed by atoms with Gasteiger partial charge in [0.1, 0.15) is 5.75 Å². The summed E-state index contributed by atoms with van der Waals surface area (Å²) in [4.78, 5) is 4.32. The summed E-state index contributed by atoms with van der Waals surface area (Å²) >= 11 is 0. The van der Waals surface area contributed by atoms with E-state index >= 15 is 0 Å². The van der Waals surface area contributed by atoms with Crippen LogP contribution in [-0.2, 0) is 6.42 Å². The van der Waals surface area contributed by atoms with Crippen LogP contribution in [-0.4, -0.2) is 12.1 Å². The third-order valence-electron chi connectivity index (χ3n) is 2.08. The van der Waals surface area contributed by atoms with Gasteiger partial charge < -0.3 is 4.74 Å². The molecule has 2 nitrogen and oxygen atoms in total. The molecule has 0 amide bonds. The van der Waals surface area contributed by atoms with Gasteiger partial charge in [0.05, 0.1) is 7.11 Å². The highest BCUT2D eigenvalue weighted by molar-refractivity contribution is 5.40. The topological polar surface area (TPSA) is 22.1 Å². The van der Waals surface area contributed by atoms with Gasteiger partial charge in [-0.25, -0.2) is 0 Å². The van der Waals surface area contributed by atoms with E-state index in [1.165, 1.54) is 5.56 Å². The normalized spacial score (nSPS) is 10.0. The summed E-state index contributed by atoms with van der Waals surface area (Å²) in [5.41, 5.74) is 3.39. The molecule has 12 heavy (non-hydrogen) atoms. The van der Waals surface area contributed by atoms with Crippen molar-refractivity contribution in [2.75, 3.05) is 7.11 Å². The second-order valence-electron chi connectivity index (χ2n) is 2.90. The molecule has 1 aromatic rings. The van der Waals surface area contributed by atoms with E-state index in [0.29, 0.717) is 0 Å². The minimum atomic E-state index is 0.961. The number of pyridine rings is 1. The molecule has 0 aliphatic carbocycles. The van der Waals surface area contributed by atoms with E-state index in [4.69, 9.17) is 4.74 Å². The van der Waals surface area contributed by atoms with Gasteiger partial charge in [-0.15, -0.1) is 0 Å². The monoisotopic (exact) mass is 165 g/mol. The molecule has 0 saturated carbocycles. The van der Waals surface area contributed by atoms with Crippen molar-refractivity contribution in [1.82, 2.24) is 4.98 Å². The lowest BCUT2D eigenvalue weighted by molar-refractivity contribution is 0.407. The Balaban J connectivity index is 3.24. The highest BCUT2D eigenvalue weighted by Gasteiger charge is 2.06. The average Bonchev–Trinajstić information content (AvgIpc) is 2.06. The van der Waals surface area contributed by atoms with E-state index in [2.05, 4.69) is 18.8 Å². The van der Waals surface area contributed by atoms with Gasteiger partial charge in [0.15, 0.2) is 0 Å². The van der Waals surface area contributed by atoms with Gasteiger partial charge in [0.25, 0.3) is 0 Å². The van der Waals surface area contributed by atoms with Crippen molar-refractivity contribution in [3.05, 3.63) is 23.0 Å². The number of methoxy groups -OCH3 is 1. The fraction of sp³-hybridized carbons (Fsp3) is 0.500. The Morgan fingerprint density at radius 1 is 1.42 bits per heavy atom. The van der Waals surface area contributed by atoms with Crippen LogP contribution in [0.4, 0.5) is 0 Å². The van der Waals surface area contributed by atoms with Crippen LogP contribution >= 0.6 is 0 Å². The fourth-order valence-electron chi connectivity index (χ4n) is 1.43. The number of rotatable bonds is 2. The number of hydrogen-bond donors (Lipinski definition) is 0. The third kappa shape index (κ3) is 1.42. The minimum Gasteiger partial charge on any atom is -0.496 e. The van der Waals surface area contributed by atoms with E-state index in [0.717, 1.165) is 23.4 Å². The van der Waals surface area contributed by atoms with Gasteiger partial charge in [0.2, 0.25) is 0 Å². The van der Waals surface area contributed by atoms with Crippen LogP contribution in [0.15, 0.2) is 6.20 Å². The van der Waals surface area contributed by atoms with Gasteiger partial charge in [-0.3, -0.25) is 4.98 Å². The number of aromatic nitrogens is 1. The molecule has 1 aromatic heterocycles. The molecule has 66 valence electrons. The first-order valence-electron chi connectivity index (χ1n) is 4.19. The van der Waals surface area contributed by atoms with E-state index < -0.39 is 0 Å². The number of aryl methyl sites for hydroxylation is 2. The number of nitrogens with zero attached hydrogens (tertiary/aromatic N) is 1. The van der Waals surface area contributed by atoms with Crippen molar-refractivity contribution in [3.63, 3.8) is 0 Å². The Kier molecular flexibility index (Phi) is 2.69. The smallest absolute Gasteiger partial charge is 0.128 e. The molecule has 0 atom stereocenters. The zero-order chi connectivity index (χ0) is 9.14. The lowest BCUT2D eigenvalue weighted by atomic mass is 10.1. The molecule has 0 N–H and O–H groups in total. The SMILES string of the molecule is CCc1ncc(C)c(OC)c1C. The molecule has 0 aromatic carbocycles. The molecule has 0 aliphatic rings. The molecule has 0 saturated heterocycles. The van der Waals surface area contributed by atoms with Crippen LogP contribution in [0.25, 0.3) is 0 Å².